The summed E-state index contributed by atoms with van der Waals surface area (Å²) in [4.78, 5) is 30.9. The molecule has 3 aromatic rings. The Hall–Kier alpha value is -3.54. The monoisotopic (exact) mass is 517 g/mol. The van der Waals surface area contributed by atoms with Gasteiger partial charge in [-0.05, 0) is 74.1 Å². The van der Waals surface area contributed by atoms with Crippen molar-refractivity contribution in [2.45, 2.75) is 66.6 Å². The third-order valence-corrected chi connectivity index (χ3v) is 7.21. The lowest BCUT2D eigenvalue weighted by molar-refractivity contribution is -0.134. The maximum atomic E-state index is 13.8. The number of benzene rings is 2. The molecular formula is C32H43N3O3. The number of carbonyl (C=O) groups is 2. The summed E-state index contributed by atoms with van der Waals surface area (Å²) in [6.45, 7) is 12.4. The number of aryl methyl sites for hydroxylation is 1. The van der Waals surface area contributed by atoms with Gasteiger partial charge in [-0.1, -0.05) is 51.1 Å². The first-order valence-electron chi connectivity index (χ1n) is 13.6. The number of nitrogens with zero attached hydrogens (tertiary/aromatic N) is 3. The van der Waals surface area contributed by atoms with E-state index in [0.29, 0.717) is 30.3 Å². The summed E-state index contributed by atoms with van der Waals surface area (Å²) in [5, 5.41) is 0. The van der Waals surface area contributed by atoms with Crippen LogP contribution in [0, 0.1) is 12.8 Å². The predicted octanol–water partition coefficient (Wildman–Crippen LogP) is 6.17. The first-order chi connectivity index (χ1) is 18.2. The Kier molecular flexibility index (Phi) is 10.6. The smallest absolute Gasteiger partial charge is 0.254 e. The van der Waals surface area contributed by atoms with Crippen LogP contribution in [-0.4, -0.2) is 52.4 Å². The van der Waals surface area contributed by atoms with Gasteiger partial charge < -0.3 is 19.1 Å². The highest BCUT2D eigenvalue weighted by Gasteiger charge is 2.26. The van der Waals surface area contributed by atoms with Crippen molar-refractivity contribution in [3.8, 4) is 5.75 Å². The Balaban J connectivity index is 1.82. The molecule has 1 atom stereocenters. The van der Waals surface area contributed by atoms with Crippen molar-refractivity contribution in [2.24, 2.45) is 5.92 Å². The Morgan fingerprint density at radius 2 is 1.76 bits per heavy atom. The number of methoxy groups -OCH3 is 1. The second kappa shape index (κ2) is 13.8. The average molecular weight is 518 g/mol. The van der Waals surface area contributed by atoms with E-state index in [9.17, 15) is 9.59 Å². The van der Waals surface area contributed by atoms with Crippen LogP contribution < -0.4 is 4.74 Å². The summed E-state index contributed by atoms with van der Waals surface area (Å²) in [5.41, 5.74) is 4.12. The minimum atomic E-state index is -0.148. The molecule has 0 aliphatic heterocycles. The molecule has 0 saturated heterocycles. The maximum absolute atomic E-state index is 13.8. The molecule has 204 valence electrons. The summed E-state index contributed by atoms with van der Waals surface area (Å²) >= 11 is 0. The van der Waals surface area contributed by atoms with E-state index in [1.165, 1.54) is 11.1 Å². The molecule has 0 fully saturated rings. The molecule has 1 aromatic heterocycles. The summed E-state index contributed by atoms with van der Waals surface area (Å²) in [7, 11) is 1.59. The number of amides is 2. The largest absolute Gasteiger partial charge is 0.497 e. The van der Waals surface area contributed by atoms with Gasteiger partial charge >= 0.3 is 0 Å². The van der Waals surface area contributed by atoms with Gasteiger partial charge in [-0.2, -0.15) is 0 Å². The second-order valence-corrected chi connectivity index (χ2v) is 10.5. The highest BCUT2D eigenvalue weighted by molar-refractivity contribution is 5.96. The van der Waals surface area contributed by atoms with Crippen LogP contribution in [0.2, 0.25) is 0 Å². The van der Waals surface area contributed by atoms with E-state index >= 15 is 0 Å². The minimum absolute atomic E-state index is 0.0389. The molecule has 1 heterocycles. The van der Waals surface area contributed by atoms with Gasteiger partial charge in [0.2, 0.25) is 5.91 Å². The molecule has 0 bridgehead atoms. The summed E-state index contributed by atoms with van der Waals surface area (Å²) in [5.74, 6) is 0.857. The lowest BCUT2D eigenvalue weighted by Gasteiger charge is -2.32. The molecule has 1 unspecified atom stereocenters. The third-order valence-electron chi connectivity index (χ3n) is 7.21. The molecule has 6 nitrogen and oxygen atoms in total. The number of hydrogen-bond donors (Lipinski definition) is 0. The van der Waals surface area contributed by atoms with Gasteiger partial charge in [-0.15, -0.1) is 0 Å². The molecule has 0 saturated carbocycles. The van der Waals surface area contributed by atoms with E-state index in [0.717, 1.165) is 25.1 Å². The number of aromatic nitrogens is 1. The van der Waals surface area contributed by atoms with Crippen molar-refractivity contribution in [3.63, 3.8) is 0 Å². The first kappa shape index (κ1) is 29.0. The predicted molar refractivity (Wildman–Crippen MR) is 153 cm³/mol. The molecule has 0 aliphatic carbocycles. The molecule has 6 heteroatoms. The van der Waals surface area contributed by atoms with Gasteiger partial charge in [0.05, 0.1) is 13.7 Å². The Bertz CT molecular complexity index is 1200. The van der Waals surface area contributed by atoms with Crippen molar-refractivity contribution in [1.29, 1.82) is 0 Å². The van der Waals surface area contributed by atoms with E-state index in [1.54, 1.807) is 24.1 Å². The lowest BCUT2D eigenvalue weighted by atomic mass is 10.1. The molecule has 0 aliphatic rings. The fourth-order valence-corrected chi connectivity index (χ4v) is 4.46. The Morgan fingerprint density at radius 3 is 2.45 bits per heavy atom. The summed E-state index contributed by atoms with van der Waals surface area (Å²) in [6, 6.07) is 19.7. The number of rotatable bonds is 13. The van der Waals surface area contributed by atoms with Crippen molar-refractivity contribution >= 4 is 11.8 Å². The molecule has 2 amide bonds. The maximum Gasteiger partial charge on any atom is 0.254 e. The molecule has 0 spiro atoms. The van der Waals surface area contributed by atoms with Gasteiger partial charge in [-0.3, -0.25) is 9.59 Å². The quantitative estimate of drug-likeness (QED) is 0.272. The van der Waals surface area contributed by atoms with Crippen molar-refractivity contribution < 1.29 is 14.3 Å². The highest BCUT2D eigenvalue weighted by Crippen LogP contribution is 2.19. The van der Waals surface area contributed by atoms with Crippen LogP contribution in [-0.2, 0) is 17.9 Å². The van der Waals surface area contributed by atoms with Gasteiger partial charge in [0.25, 0.3) is 5.91 Å². The fourth-order valence-electron chi connectivity index (χ4n) is 4.46. The van der Waals surface area contributed by atoms with Crippen LogP contribution in [0.3, 0.4) is 0 Å². The van der Waals surface area contributed by atoms with Crippen LogP contribution in [0.4, 0.5) is 0 Å². The van der Waals surface area contributed by atoms with Crippen molar-refractivity contribution in [3.05, 3.63) is 89.2 Å². The second-order valence-electron chi connectivity index (χ2n) is 10.5. The van der Waals surface area contributed by atoms with Gasteiger partial charge in [-0.25, -0.2) is 0 Å². The zero-order chi connectivity index (χ0) is 27.7. The van der Waals surface area contributed by atoms with Crippen molar-refractivity contribution in [1.82, 2.24) is 14.4 Å². The molecule has 2 aromatic carbocycles. The zero-order valence-corrected chi connectivity index (χ0v) is 23.8. The van der Waals surface area contributed by atoms with Crippen molar-refractivity contribution in [2.75, 3.05) is 20.2 Å². The fraction of sp³-hybridized carbons (Fsp3) is 0.438. The summed E-state index contributed by atoms with van der Waals surface area (Å²) < 4.78 is 7.53. The molecular weight excluding hydrogens is 474 g/mol. The Labute approximate surface area is 228 Å². The van der Waals surface area contributed by atoms with Crippen LogP contribution in [0.5, 0.6) is 5.75 Å². The lowest BCUT2D eigenvalue weighted by Crippen LogP contribution is -2.46. The zero-order valence-electron chi connectivity index (χ0n) is 23.8. The van der Waals surface area contributed by atoms with Crippen LogP contribution in [0.25, 0.3) is 0 Å². The minimum Gasteiger partial charge on any atom is -0.497 e. The van der Waals surface area contributed by atoms with Gasteiger partial charge in [0, 0.05) is 36.6 Å². The molecule has 38 heavy (non-hydrogen) atoms. The first-order valence-corrected chi connectivity index (χ1v) is 13.6. The average Bonchev–Trinajstić information content (AvgIpc) is 3.36. The van der Waals surface area contributed by atoms with Crippen LogP contribution >= 0.6 is 0 Å². The molecule has 0 N–H and O–H groups in total. The topological polar surface area (TPSA) is 54.8 Å². The summed E-state index contributed by atoms with van der Waals surface area (Å²) in [6.07, 6.45) is 3.73. The van der Waals surface area contributed by atoms with Gasteiger partial charge in [0.15, 0.2) is 0 Å². The SMILES string of the molecule is CCC(C)N(Cc1cccn1Cc1ccccc1C)C(=O)CN(CCC(C)C)C(=O)c1cccc(OC)c1. The van der Waals surface area contributed by atoms with E-state index in [1.807, 2.05) is 23.1 Å². The normalized spacial score (nSPS) is 11.9. The van der Waals surface area contributed by atoms with E-state index in [4.69, 9.17) is 4.74 Å². The third kappa shape index (κ3) is 7.73. The van der Waals surface area contributed by atoms with Crippen LogP contribution in [0.1, 0.15) is 67.7 Å². The standard InChI is InChI=1S/C32H43N3O3/c1-7-26(5)35(22-29-15-11-18-33(29)21-28-13-9-8-12-25(28)4)31(36)23-34(19-17-24(2)3)32(37)27-14-10-16-30(20-27)38-6/h8-16,18,20,24,26H,7,17,19,21-23H2,1-6H3. The molecule has 0 radical (unpaired) electrons. The number of hydrogen-bond acceptors (Lipinski definition) is 3. The number of ether oxygens (including phenoxy) is 1. The highest BCUT2D eigenvalue weighted by atomic mass is 16.5. The van der Waals surface area contributed by atoms with E-state index in [2.05, 4.69) is 75.7 Å². The van der Waals surface area contributed by atoms with E-state index in [-0.39, 0.29) is 24.4 Å². The van der Waals surface area contributed by atoms with Crippen LogP contribution in [0.15, 0.2) is 66.9 Å². The van der Waals surface area contributed by atoms with Gasteiger partial charge in [0.1, 0.15) is 12.3 Å². The number of carbonyl (C=O) groups excluding carboxylic acids is 2. The molecule has 3 rings (SSSR count). The van der Waals surface area contributed by atoms with E-state index < -0.39 is 0 Å². The Morgan fingerprint density at radius 1 is 1.00 bits per heavy atom.